The van der Waals surface area contributed by atoms with E-state index in [-0.39, 0.29) is 52.3 Å². The minimum atomic E-state index is -1.33. The molecule has 1 saturated carbocycles. The van der Waals surface area contributed by atoms with Gasteiger partial charge in [0.2, 0.25) is 12.0 Å². The van der Waals surface area contributed by atoms with E-state index in [4.69, 9.17) is 0 Å². The number of carboxylic acids is 1. The van der Waals surface area contributed by atoms with Crippen molar-refractivity contribution in [3.8, 4) is 0 Å². The standard InChI is InChI=1S/C29H32FN5O5.BrH/c1-2-3-8-31-26(36)18-32-9-4-5-19(16-32)28(38)34-12-10-33(11-13-34)25-15-24-21(14-23(25)30)27(37)22(29(39)40)17-35(24)20-6-7-20;/h4-5,9,14-17,20H,2-3,6-8,10-13,18H2,1H3,(H-,31,36,39,40);1H. The molecule has 2 N–H and O–H groups in total. The largest absolute Gasteiger partial charge is 1.00 e. The first-order chi connectivity index (χ1) is 19.3. The number of anilines is 1. The van der Waals surface area contributed by atoms with Gasteiger partial charge < -0.3 is 41.8 Å². The number of carbonyl (C=O) groups excluding carboxylic acids is 2. The first-order valence-corrected chi connectivity index (χ1v) is 13.7. The number of fused-ring (bicyclic) bond motifs is 1. The van der Waals surface area contributed by atoms with E-state index in [1.807, 2.05) is 4.90 Å². The third kappa shape index (κ3) is 6.58. The number of hydrogen-bond donors (Lipinski definition) is 2. The lowest BCUT2D eigenvalue weighted by molar-refractivity contribution is -0.684. The first-order valence-electron chi connectivity index (χ1n) is 13.7. The number of carboxylic acid groups (broad SMARTS) is 1. The Balaban J connectivity index is 0.00000387. The number of benzene rings is 1. The number of carbonyl (C=O) groups is 3. The quantitative estimate of drug-likeness (QED) is 0.240. The second kappa shape index (κ2) is 12.8. The van der Waals surface area contributed by atoms with Crippen LogP contribution in [-0.4, -0.2) is 65.1 Å². The van der Waals surface area contributed by atoms with Crippen LogP contribution in [0.5, 0.6) is 0 Å². The first kappa shape index (κ1) is 30.2. The number of rotatable bonds is 9. The van der Waals surface area contributed by atoms with Crippen molar-refractivity contribution in [3.63, 3.8) is 0 Å². The van der Waals surface area contributed by atoms with Gasteiger partial charge in [-0.2, -0.15) is 4.57 Å². The zero-order valence-corrected chi connectivity index (χ0v) is 24.4. The number of nitrogens with one attached hydrogen (secondary N) is 1. The summed E-state index contributed by atoms with van der Waals surface area (Å²) < 4.78 is 18.7. The number of piperazine rings is 1. The van der Waals surface area contributed by atoms with Crippen molar-refractivity contribution in [2.75, 3.05) is 37.6 Å². The van der Waals surface area contributed by atoms with Crippen LogP contribution in [0.1, 0.15) is 59.4 Å². The van der Waals surface area contributed by atoms with Crippen molar-refractivity contribution >= 4 is 34.4 Å². The molecule has 2 amide bonds. The lowest BCUT2D eigenvalue weighted by Gasteiger charge is -2.36. The third-order valence-electron chi connectivity index (χ3n) is 7.46. The Kier molecular flexibility index (Phi) is 9.42. The number of pyridine rings is 2. The molecule has 12 heteroatoms. The molecule has 41 heavy (non-hydrogen) atoms. The maximum atomic E-state index is 15.3. The van der Waals surface area contributed by atoms with E-state index in [0.717, 1.165) is 31.7 Å². The number of halogens is 2. The molecule has 1 aromatic carbocycles. The Morgan fingerprint density at radius 3 is 2.54 bits per heavy atom. The van der Waals surface area contributed by atoms with Crippen molar-refractivity contribution < 1.29 is 45.4 Å². The average molecular weight is 631 g/mol. The smallest absolute Gasteiger partial charge is 0.341 e. The highest BCUT2D eigenvalue weighted by Crippen LogP contribution is 2.38. The van der Waals surface area contributed by atoms with Gasteiger partial charge in [-0.1, -0.05) is 13.3 Å². The molecule has 218 valence electrons. The van der Waals surface area contributed by atoms with Crippen molar-refractivity contribution in [2.45, 2.75) is 45.2 Å². The topological polar surface area (TPSA) is 116 Å². The van der Waals surface area contributed by atoms with E-state index in [1.54, 1.807) is 44.6 Å². The number of aromatic nitrogens is 2. The van der Waals surface area contributed by atoms with Crippen LogP contribution in [0.2, 0.25) is 0 Å². The summed E-state index contributed by atoms with van der Waals surface area (Å²) in [6.45, 7) is 4.33. The van der Waals surface area contributed by atoms with Crippen molar-refractivity contribution in [3.05, 3.63) is 70.0 Å². The minimum Gasteiger partial charge on any atom is -1.00 e. The highest BCUT2D eigenvalue weighted by atomic mass is 79.9. The molecular formula is C29H33BrFN5O5. The molecule has 1 aliphatic heterocycles. The molecule has 0 spiro atoms. The SMILES string of the molecule is CCCCNC(=O)C[n+]1cccc(C(=O)N2CCN(c3cc4c(cc3F)c(=O)c(C(=O)O)cn4C3CC3)CC2)c1.[Br-]. The van der Waals surface area contributed by atoms with Crippen LogP contribution in [0.3, 0.4) is 0 Å². The summed E-state index contributed by atoms with van der Waals surface area (Å²) in [5.74, 6) is -2.20. The van der Waals surface area contributed by atoms with Gasteiger partial charge in [0.15, 0.2) is 12.4 Å². The molecule has 3 aromatic rings. The van der Waals surface area contributed by atoms with Crippen LogP contribution in [0.25, 0.3) is 10.9 Å². The Morgan fingerprint density at radius 1 is 1.15 bits per heavy atom. The van der Waals surface area contributed by atoms with Gasteiger partial charge in [-0.15, -0.1) is 0 Å². The summed E-state index contributed by atoms with van der Waals surface area (Å²) in [7, 11) is 0. The van der Waals surface area contributed by atoms with E-state index >= 15 is 4.39 Å². The number of nitrogens with zero attached hydrogens (tertiary/aromatic N) is 4. The fraction of sp³-hybridized carbons (Fsp3) is 0.414. The number of aromatic carboxylic acids is 1. The number of hydrogen-bond acceptors (Lipinski definition) is 5. The predicted octanol–water partition coefficient (Wildman–Crippen LogP) is -0.656. The number of amides is 2. The molecule has 1 aliphatic carbocycles. The van der Waals surface area contributed by atoms with Crippen LogP contribution < -0.4 is 37.2 Å². The van der Waals surface area contributed by atoms with Crippen molar-refractivity contribution in [1.29, 1.82) is 0 Å². The van der Waals surface area contributed by atoms with E-state index in [9.17, 15) is 24.3 Å². The molecule has 1 saturated heterocycles. The summed E-state index contributed by atoms with van der Waals surface area (Å²) >= 11 is 0. The second-order valence-electron chi connectivity index (χ2n) is 10.4. The molecule has 0 atom stereocenters. The zero-order chi connectivity index (χ0) is 28.4. The van der Waals surface area contributed by atoms with Gasteiger partial charge >= 0.3 is 5.97 Å². The van der Waals surface area contributed by atoms with Gasteiger partial charge in [0.1, 0.15) is 16.9 Å². The van der Waals surface area contributed by atoms with Crippen molar-refractivity contribution in [1.82, 2.24) is 14.8 Å². The van der Waals surface area contributed by atoms with E-state index in [2.05, 4.69) is 12.2 Å². The molecule has 2 aromatic heterocycles. The maximum Gasteiger partial charge on any atom is 0.341 e. The van der Waals surface area contributed by atoms with Gasteiger partial charge in [-0.05, 0) is 37.5 Å². The highest BCUT2D eigenvalue weighted by Gasteiger charge is 2.29. The summed E-state index contributed by atoms with van der Waals surface area (Å²) in [4.78, 5) is 53.3. The van der Waals surface area contributed by atoms with Gasteiger partial charge in [-0.3, -0.25) is 14.4 Å². The van der Waals surface area contributed by atoms with Crippen LogP contribution in [0, 0.1) is 5.82 Å². The zero-order valence-electron chi connectivity index (χ0n) is 22.8. The fourth-order valence-corrected chi connectivity index (χ4v) is 5.11. The fourth-order valence-electron chi connectivity index (χ4n) is 5.11. The Hall–Kier alpha value is -3.80. The molecule has 0 unspecified atom stereocenters. The molecule has 3 heterocycles. The summed E-state index contributed by atoms with van der Waals surface area (Å²) in [5, 5.41) is 12.4. The summed E-state index contributed by atoms with van der Waals surface area (Å²) in [6.07, 6.45) is 8.42. The van der Waals surface area contributed by atoms with Crippen LogP contribution in [0.15, 0.2) is 47.7 Å². The lowest BCUT2D eigenvalue weighted by Crippen LogP contribution is -3.00. The van der Waals surface area contributed by atoms with E-state index in [1.165, 1.54) is 6.20 Å². The Morgan fingerprint density at radius 2 is 1.88 bits per heavy atom. The second-order valence-corrected chi connectivity index (χ2v) is 10.4. The minimum absolute atomic E-state index is 0. The van der Waals surface area contributed by atoms with E-state index in [0.29, 0.717) is 49.5 Å². The van der Waals surface area contributed by atoms with Gasteiger partial charge in [-0.25, -0.2) is 9.18 Å². The Labute approximate surface area is 247 Å². The molecule has 2 aliphatic rings. The normalized spacial score (nSPS) is 15.0. The van der Waals surface area contributed by atoms with E-state index < -0.39 is 17.2 Å². The predicted molar refractivity (Wildman–Crippen MR) is 146 cm³/mol. The van der Waals surface area contributed by atoms with Crippen molar-refractivity contribution in [2.24, 2.45) is 0 Å². The monoisotopic (exact) mass is 629 g/mol. The van der Waals surface area contributed by atoms with Gasteiger partial charge in [0.05, 0.1) is 11.2 Å². The molecule has 2 fully saturated rings. The van der Waals surface area contributed by atoms with Gasteiger partial charge in [0.25, 0.3) is 11.8 Å². The number of unbranched alkanes of at least 4 members (excludes halogenated alkanes) is 1. The van der Waals surface area contributed by atoms with Crippen LogP contribution in [-0.2, 0) is 11.3 Å². The molecular weight excluding hydrogens is 597 g/mol. The summed E-state index contributed by atoms with van der Waals surface area (Å²) in [5.41, 5.74) is 0.247. The van der Waals surface area contributed by atoms with Gasteiger partial charge in [0, 0.05) is 56.4 Å². The van der Waals surface area contributed by atoms with Crippen LogP contribution >= 0.6 is 0 Å². The molecule has 0 bridgehead atoms. The lowest BCUT2D eigenvalue weighted by atomic mass is 10.1. The maximum absolute atomic E-state index is 15.3. The van der Waals surface area contributed by atoms with Crippen LogP contribution in [0.4, 0.5) is 10.1 Å². The molecule has 10 nitrogen and oxygen atoms in total. The average Bonchev–Trinajstić information content (AvgIpc) is 3.79. The molecule has 5 rings (SSSR count). The highest BCUT2D eigenvalue weighted by molar-refractivity contribution is 5.94. The molecule has 0 radical (unpaired) electrons. The Bertz CT molecular complexity index is 1530. The summed E-state index contributed by atoms with van der Waals surface area (Å²) in [6, 6.07) is 6.30. The third-order valence-corrected chi connectivity index (χ3v) is 7.46.